The number of rotatable bonds is 9. The number of esters is 1. The highest BCUT2D eigenvalue weighted by atomic mass is 19.3. The normalized spacial score (nSPS) is 10.5. The molecule has 0 radical (unpaired) electrons. The van der Waals surface area contributed by atoms with Gasteiger partial charge in [0.1, 0.15) is 11.3 Å². The smallest absolute Gasteiger partial charge is 0.387 e. The molecule has 154 valence electrons. The van der Waals surface area contributed by atoms with Crippen LogP contribution in [0.1, 0.15) is 21.5 Å². The Bertz CT molecular complexity index is 887. The molecule has 0 unspecified atom stereocenters. The predicted octanol–water partition coefficient (Wildman–Crippen LogP) is 3.02. The largest absolute Gasteiger partial charge is 0.452 e. The number of halogens is 2. The SMILES string of the molecule is Cc1cccc([N+](=O)[O-])c1C(=O)OCC(=O)NCCc1ccc(OC(F)F)cc1. The molecule has 1 N–H and O–H groups in total. The molecular weight excluding hydrogens is 390 g/mol. The molecule has 0 atom stereocenters. The Morgan fingerprint density at radius 1 is 1.17 bits per heavy atom. The van der Waals surface area contributed by atoms with Gasteiger partial charge in [-0.1, -0.05) is 24.3 Å². The second-order valence-electron chi connectivity index (χ2n) is 5.92. The molecule has 2 aromatic rings. The molecule has 29 heavy (non-hydrogen) atoms. The van der Waals surface area contributed by atoms with Crippen LogP contribution < -0.4 is 10.1 Å². The standard InChI is InChI=1S/C19H18F2N2O6/c1-12-3-2-4-15(23(26)27)17(12)18(25)28-11-16(24)22-10-9-13-5-7-14(8-6-13)29-19(20)21/h2-8,19H,9-11H2,1H3,(H,22,24). The Balaban J connectivity index is 1.80. The number of alkyl halides is 2. The molecule has 0 aliphatic heterocycles. The highest BCUT2D eigenvalue weighted by Gasteiger charge is 2.24. The van der Waals surface area contributed by atoms with Gasteiger partial charge < -0.3 is 14.8 Å². The maximum absolute atomic E-state index is 12.1. The van der Waals surface area contributed by atoms with E-state index < -0.39 is 35.7 Å². The molecule has 0 aliphatic rings. The molecule has 0 fully saturated rings. The van der Waals surface area contributed by atoms with Crippen molar-refractivity contribution in [2.75, 3.05) is 13.2 Å². The zero-order valence-corrected chi connectivity index (χ0v) is 15.4. The van der Waals surface area contributed by atoms with E-state index in [0.717, 1.165) is 5.56 Å². The fourth-order valence-electron chi connectivity index (χ4n) is 2.51. The van der Waals surface area contributed by atoms with Gasteiger partial charge in [-0.3, -0.25) is 14.9 Å². The summed E-state index contributed by atoms with van der Waals surface area (Å²) in [7, 11) is 0. The van der Waals surface area contributed by atoms with E-state index in [9.17, 15) is 28.5 Å². The van der Waals surface area contributed by atoms with Crippen molar-refractivity contribution in [3.05, 3.63) is 69.3 Å². The van der Waals surface area contributed by atoms with E-state index in [2.05, 4.69) is 10.1 Å². The van der Waals surface area contributed by atoms with Crippen LogP contribution in [0.3, 0.4) is 0 Å². The van der Waals surface area contributed by atoms with Gasteiger partial charge in [-0.15, -0.1) is 0 Å². The minimum Gasteiger partial charge on any atom is -0.452 e. The second kappa shape index (κ2) is 10.1. The van der Waals surface area contributed by atoms with Gasteiger partial charge in [0.05, 0.1) is 4.92 Å². The number of aryl methyl sites for hydroxylation is 1. The fraction of sp³-hybridized carbons (Fsp3) is 0.263. The number of benzene rings is 2. The molecule has 0 bridgehead atoms. The number of nitrogens with zero attached hydrogens (tertiary/aromatic N) is 1. The summed E-state index contributed by atoms with van der Waals surface area (Å²) in [6, 6.07) is 10.1. The number of amides is 1. The minimum atomic E-state index is -2.90. The molecule has 0 heterocycles. The third-order valence-electron chi connectivity index (χ3n) is 3.87. The minimum absolute atomic E-state index is 0.0324. The summed E-state index contributed by atoms with van der Waals surface area (Å²) in [4.78, 5) is 34.3. The lowest BCUT2D eigenvalue weighted by atomic mass is 10.1. The van der Waals surface area contributed by atoms with Gasteiger partial charge in [0.2, 0.25) is 0 Å². The summed E-state index contributed by atoms with van der Waals surface area (Å²) in [5.41, 5.74) is 0.550. The van der Waals surface area contributed by atoms with Gasteiger partial charge in [0, 0.05) is 12.6 Å². The molecule has 0 aromatic heterocycles. The topological polar surface area (TPSA) is 108 Å². The maximum Gasteiger partial charge on any atom is 0.387 e. The van der Waals surface area contributed by atoms with E-state index in [1.807, 2.05) is 0 Å². The van der Waals surface area contributed by atoms with Crippen molar-refractivity contribution >= 4 is 17.6 Å². The number of nitrogens with one attached hydrogen (secondary N) is 1. The number of carbonyl (C=O) groups is 2. The third kappa shape index (κ3) is 6.52. The first kappa shape index (κ1) is 21.7. The van der Waals surface area contributed by atoms with Crippen molar-refractivity contribution in [3.8, 4) is 5.75 Å². The average Bonchev–Trinajstić information content (AvgIpc) is 2.66. The van der Waals surface area contributed by atoms with Crippen LogP contribution in [0.25, 0.3) is 0 Å². The number of carbonyl (C=O) groups excluding carboxylic acids is 2. The highest BCUT2D eigenvalue weighted by molar-refractivity contribution is 5.96. The van der Waals surface area contributed by atoms with E-state index in [0.29, 0.717) is 12.0 Å². The van der Waals surface area contributed by atoms with Crippen LogP contribution in [-0.4, -0.2) is 36.6 Å². The molecule has 10 heteroatoms. The number of ether oxygens (including phenoxy) is 2. The van der Waals surface area contributed by atoms with Crippen LogP contribution in [0.4, 0.5) is 14.5 Å². The van der Waals surface area contributed by atoms with Crippen molar-refractivity contribution in [2.24, 2.45) is 0 Å². The van der Waals surface area contributed by atoms with Crippen LogP contribution in [0.15, 0.2) is 42.5 Å². The van der Waals surface area contributed by atoms with E-state index in [1.54, 1.807) is 12.1 Å². The second-order valence-corrected chi connectivity index (χ2v) is 5.92. The molecule has 8 nitrogen and oxygen atoms in total. The van der Waals surface area contributed by atoms with Crippen molar-refractivity contribution < 1.29 is 32.8 Å². The van der Waals surface area contributed by atoms with E-state index in [4.69, 9.17) is 4.74 Å². The summed E-state index contributed by atoms with van der Waals surface area (Å²) < 4.78 is 33.3. The number of nitro groups is 1. The van der Waals surface area contributed by atoms with Crippen LogP contribution in [0, 0.1) is 17.0 Å². The van der Waals surface area contributed by atoms with E-state index >= 15 is 0 Å². The van der Waals surface area contributed by atoms with Crippen LogP contribution >= 0.6 is 0 Å². The van der Waals surface area contributed by atoms with Crippen LogP contribution in [-0.2, 0) is 16.0 Å². The summed E-state index contributed by atoms with van der Waals surface area (Å²) in [5.74, 6) is -1.50. The Hall–Kier alpha value is -3.56. The van der Waals surface area contributed by atoms with Gasteiger partial charge in [-0.05, 0) is 36.6 Å². The van der Waals surface area contributed by atoms with Gasteiger partial charge >= 0.3 is 12.6 Å². The first-order chi connectivity index (χ1) is 13.8. The molecule has 0 saturated carbocycles. The summed E-state index contributed by atoms with van der Waals surface area (Å²) in [6.07, 6.45) is 0.415. The molecule has 2 rings (SSSR count). The number of nitro benzene ring substituents is 1. The van der Waals surface area contributed by atoms with Gasteiger partial charge in [0.25, 0.3) is 11.6 Å². The molecule has 2 aromatic carbocycles. The zero-order valence-electron chi connectivity index (χ0n) is 15.4. The monoisotopic (exact) mass is 408 g/mol. The fourth-order valence-corrected chi connectivity index (χ4v) is 2.51. The van der Waals surface area contributed by atoms with Crippen LogP contribution in [0.5, 0.6) is 5.75 Å². The highest BCUT2D eigenvalue weighted by Crippen LogP contribution is 2.22. The average molecular weight is 408 g/mol. The summed E-state index contributed by atoms with van der Waals surface area (Å²) >= 11 is 0. The Morgan fingerprint density at radius 3 is 2.48 bits per heavy atom. The molecule has 0 saturated heterocycles. The molecule has 0 spiro atoms. The van der Waals surface area contributed by atoms with Crippen molar-refractivity contribution in [1.29, 1.82) is 0 Å². The van der Waals surface area contributed by atoms with Crippen molar-refractivity contribution in [3.63, 3.8) is 0 Å². The summed E-state index contributed by atoms with van der Waals surface area (Å²) in [6.45, 7) is -1.74. The quantitative estimate of drug-likeness (QED) is 0.388. The lowest BCUT2D eigenvalue weighted by Gasteiger charge is -2.09. The third-order valence-corrected chi connectivity index (χ3v) is 3.87. The first-order valence-corrected chi connectivity index (χ1v) is 8.49. The van der Waals surface area contributed by atoms with E-state index in [1.165, 1.54) is 37.3 Å². The first-order valence-electron chi connectivity index (χ1n) is 8.49. The Labute approximate surface area is 164 Å². The predicted molar refractivity (Wildman–Crippen MR) is 97.9 cm³/mol. The lowest BCUT2D eigenvalue weighted by molar-refractivity contribution is -0.385. The lowest BCUT2D eigenvalue weighted by Crippen LogP contribution is -2.30. The molecule has 1 amide bonds. The molecular formula is C19H18F2N2O6. The summed E-state index contributed by atoms with van der Waals surface area (Å²) in [5, 5.41) is 13.6. The van der Waals surface area contributed by atoms with Gasteiger partial charge in [-0.2, -0.15) is 8.78 Å². The Kier molecular flexibility index (Phi) is 7.58. The van der Waals surface area contributed by atoms with Crippen molar-refractivity contribution in [2.45, 2.75) is 20.0 Å². The van der Waals surface area contributed by atoms with Gasteiger partial charge in [0.15, 0.2) is 6.61 Å². The van der Waals surface area contributed by atoms with Gasteiger partial charge in [-0.25, -0.2) is 4.79 Å². The maximum atomic E-state index is 12.1. The van der Waals surface area contributed by atoms with Crippen LogP contribution in [0.2, 0.25) is 0 Å². The number of hydrogen-bond acceptors (Lipinski definition) is 6. The Morgan fingerprint density at radius 2 is 1.86 bits per heavy atom. The van der Waals surface area contributed by atoms with Crippen molar-refractivity contribution in [1.82, 2.24) is 5.32 Å². The molecule has 0 aliphatic carbocycles. The van der Waals surface area contributed by atoms with E-state index in [-0.39, 0.29) is 17.9 Å². The number of hydrogen-bond donors (Lipinski definition) is 1. The zero-order chi connectivity index (χ0) is 21.4.